The van der Waals surface area contributed by atoms with Gasteiger partial charge < -0.3 is 14.6 Å². The molecule has 0 aliphatic rings. The molecule has 136 valence electrons. The van der Waals surface area contributed by atoms with Crippen molar-refractivity contribution in [1.29, 1.82) is 0 Å². The van der Waals surface area contributed by atoms with Gasteiger partial charge in [0, 0.05) is 19.2 Å². The van der Waals surface area contributed by atoms with E-state index in [1.807, 2.05) is 0 Å². The third kappa shape index (κ3) is 6.12. The molecule has 8 nitrogen and oxygen atoms in total. The Bertz CT molecular complexity index is 797. The first-order valence-corrected chi connectivity index (χ1v) is 8.71. The fourth-order valence-corrected chi connectivity index (χ4v) is 2.94. The van der Waals surface area contributed by atoms with Crippen LogP contribution in [0.3, 0.4) is 0 Å². The van der Waals surface area contributed by atoms with Gasteiger partial charge in [-0.3, -0.25) is 4.79 Å². The molecular formula is C14H15F2N3O5S. The van der Waals surface area contributed by atoms with Crippen LogP contribution in [0.5, 0.6) is 5.75 Å². The number of para-hydroxylation sites is 1. The summed E-state index contributed by atoms with van der Waals surface area (Å²) in [7, 11) is -3.64. The van der Waals surface area contributed by atoms with Crippen LogP contribution in [0.2, 0.25) is 0 Å². The molecule has 2 aromatic rings. The van der Waals surface area contributed by atoms with Crippen LogP contribution in [-0.4, -0.2) is 39.2 Å². The number of rotatable bonds is 9. The van der Waals surface area contributed by atoms with Crippen molar-refractivity contribution in [1.82, 2.24) is 15.2 Å². The van der Waals surface area contributed by atoms with Crippen molar-refractivity contribution in [3.05, 3.63) is 47.9 Å². The third-order valence-corrected chi connectivity index (χ3v) is 4.23. The van der Waals surface area contributed by atoms with Gasteiger partial charge in [-0.15, -0.1) is 0 Å². The number of nitrogens with zero attached hydrogens (tertiary/aromatic N) is 1. The minimum Gasteiger partial charge on any atom is -0.434 e. The Labute approximate surface area is 142 Å². The van der Waals surface area contributed by atoms with Crippen LogP contribution in [0, 0.1) is 0 Å². The molecule has 1 amide bonds. The number of ether oxygens (including phenoxy) is 1. The molecule has 1 aromatic carbocycles. The number of amides is 1. The average molecular weight is 375 g/mol. The number of hydrogen-bond acceptors (Lipinski definition) is 6. The zero-order chi connectivity index (χ0) is 18.3. The molecule has 0 aliphatic heterocycles. The van der Waals surface area contributed by atoms with Crippen molar-refractivity contribution < 1.29 is 31.3 Å². The number of nitrogens with one attached hydrogen (secondary N) is 2. The van der Waals surface area contributed by atoms with Crippen LogP contribution in [0.4, 0.5) is 8.78 Å². The van der Waals surface area contributed by atoms with E-state index in [-0.39, 0.29) is 35.8 Å². The number of sulfonamides is 1. The zero-order valence-corrected chi connectivity index (χ0v) is 13.6. The highest BCUT2D eigenvalue weighted by Crippen LogP contribution is 2.19. The van der Waals surface area contributed by atoms with Gasteiger partial charge in [0.1, 0.15) is 17.8 Å². The fraction of sp³-hybridized carbons (Fsp3) is 0.286. The molecule has 0 spiro atoms. The predicted molar refractivity (Wildman–Crippen MR) is 82.5 cm³/mol. The molecule has 0 unspecified atom stereocenters. The molecule has 1 aromatic heterocycles. The second-order valence-electron chi connectivity index (χ2n) is 4.77. The van der Waals surface area contributed by atoms with Gasteiger partial charge in [0.05, 0.1) is 11.3 Å². The maximum absolute atomic E-state index is 12.3. The molecule has 0 atom stereocenters. The average Bonchev–Trinajstić information content (AvgIpc) is 3.03. The molecule has 11 heteroatoms. The van der Waals surface area contributed by atoms with E-state index in [4.69, 9.17) is 0 Å². The van der Waals surface area contributed by atoms with Crippen molar-refractivity contribution in [3.63, 3.8) is 0 Å². The summed E-state index contributed by atoms with van der Waals surface area (Å²) >= 11 is 0. The molecule has 2 N–H and O–H groups in total. The van der Waals surface area contributed by atoms with Crippen LogP contribution in [0.25, 0.3) is 0 Å². The van der Waals surface area contributed by atoms with Gasteiger partial charge in [0.25, 0.3) is 5.91 Å². The largest absolute Gasteiger partial charge is 0.434 e. The van der Waals surface area contributed by atoms with Gasteiger partial charge in [-0.05, 0) is 12.1 Å². The second-order valence-corrected chi connectivity index (χ2v) is 6.58. The molecule has 0 aliphatic carbocycles. The quantitative estimate of drug-likeness (QED) is 0.636. The number of halogens is 2. The summed E-state index contributed by atoms with van der Waals surface area (Å²) in [5.74, 6) is -1.28. The van der Waals surface area contributed by atoms with E-state index in [1.54, 1.807) is 0 Å². The van der Waals surface area contributed by atoms with Crippen molar-refractivity contribution in [2.75, 3.05) is 13.1 Å². The number of benzene rings is 1. The van der Waals surface area contributed by atoms with Crippen molar-refractivity contribution in [2.45, 2.75) is 12.4 Å². The lowest BCUT2D eigenvalue weighted by molar-refractivity contribution is -0.0501. The number of hydrogen-bond donors (Lipinski definition) is 2. The second kappa shape index (κ2) is 8.53. The number of carbonyl (C=O) groups is 1. The summed E-state index contributed by atoms with van der Waals surface area (Å²) in [6.07, 6.45) is 1.25. The Morgan fingerprint density at radius 1 is 1.24 bits per heavy atom. The van der Waals surface area contributed by atoms with Gasteiger partial charge in [0.15, 0.2) is 0 Å². The summed E-state index contributed by atoms with van der Waals surface area (Å²) < 4.78 is 59.3. The maximum atomic E-state index is 12.3. The fourth-order valence-electron chi connectivity index (χ4n) is 1.89. The minimum atomic E-state index is -3.64. The van der Waals surface area contributed by atoms with Gasteiger partial charge in [-0.1, -0.05) is 17.3 Å². The summed E-state index contributed by atoms with van der Waals surface area (Å²) in [6.45, 7) is -3.18. The van der Waals surface area contributed by atoms with Gasteiger partial charge in [-0.2, -0.15) is 8.78 Å². The first kappa shape index (κ1) is 18.8. The Kier molecular flexibility index (Phi) is 6.42. The van der Waals surface area contributed by atoms with Crippen LogP contribution in [0.1, 0.15) is 16.1 Å². The van der Waals surface area contributed by atoms with Crippen molar-refractivity contribution in [3.8, 4) is 5.75 Å². The molecular weight excluding hydrogens is 360 g/mol. The molecule has 0 bridgehead atoms. The normalized spacial score (nSPS) is 11.5. The van der Waals surface area contributed by atoms with Gasteiger partial charge in [0.2, 0.25) is 10.0 Å². The summed E-state index contributed by atoms with van der Waals surface area (Å²) in [5, 5.41) is 5.91. The van der Waals surface area contributed by atoms with Gasteiger partial charge in [-0.25, -0.2) is 13.1 Å². The standard InChI is InChI=1S/C14H15F2N3O5S/c15-14(16)24-12-4-2-1-3-11(12)13(20)17-6-7-18-25(21,22)9-10-5-8-23-19-10/h1-5,8,14,18H,6-7,9H2,(H,17,20). The Hall–Kier alpha value is -2.53. The lowest BCUT2D eigenvalue weighted by atomic mass is 10.2. The van der Waals surface area contributed by atoms with E-state index in [0.29, 0.717) is 0 Å². The predicted octanol–water partition coefficient (Wildman–Crippen LogP) is 1.13. The molecule has 0 saturated heterocycles. The van der Waals surface area contributed by atoms with E-state index in [0.717, 1.165) is 0 Å². The number of alkyl halides is 2. The highest BCUT2D eigenvalue weighted by atomic mass is 32.2. The molecule has 1 heterocycles. The third-order valence-electron chi connectivity index (χ3n) is 2.91. The Balaban J connectivity index is 1.83. The van der Waals surface area contributed by atoms with Crippen molar-refractivity contribution >= 4 is 15.9 Å². The van der Waals surface area contributed by atoms with Crippen LogP contribution in [-0.2, 0) is 15.8 Å². The number of aromatic nitrogens is 1. The summed E-state index contributed by atoms with van der Waals surface area (Å²) in [5.41, 5.74) is 0.169. The Morgan fingerprint density at radius 2 is 2.00 bits per heavy atom. The van der Waals surface area contributed by atoms with E-state index in [1.165, 1.54) is 36.6 Å². The van der Waals surface area contributed by atoms with E-state index in [2.05, 4.69) is 24.5 Å². The first-order chi connectivity index (χ1) is 11.9. The Morgan fingerprint density at radius 3 is 2.68 bits per heavy atom. The SMILES string of the molecule is O=C(NCCNS(=O)(=O)Cc1ccon1)c1ccccc1OC(F)F. The highest BCUT2D eigenvalue weighted by molar-refractivity contribution is 7.88. The van der Waals surface area contributed by atoms with Crippen LogP contribution >= 0.6 is 0 Å². The van der Waals surface area contributed by atoms with Crippen LogP contribution < -0.4 is 14.8 Å². The summed E-state index contributed by atoms with van der Waals surface area (Å²) in [4.78, 5) is 12.0. The number of carbonyl (C=O) groups excluding carboxylic acids is 1. The first-order valence-electron chi connectivity index (χ1n) is 7.06. The topological polar surface area (TPSA) is 111 Å². The van der Waals surface area contributed by atoms with E-state index >= 15 is 0 Å². The van der Waals surface area contributed by atoms with Crippen LogP contribution in [0.15, 0.2) is 41.1 Å². The highest BCUT2D eigenvalue weighted by Gasteiger charge is 2.16. The molecule has 25 heavy (non-hydrogen) atoms. The van der Waals surface area contributed by atoms with Crippen molar-refractivity contribution in [2.24, 2.45) is 0 Å². The van der Waals surface area contributed by atoms with Gasteiger partial charge >= 0.3 is 6.61 Å². The minimum absolute atomic E-state index is 0.0418. The maximum Gasteiger partial charge on any atom is 0.387 e. The lowest BCUT2D eigenvalue weighted by Gasteiger charge is -2.11. The smallest absolute Gasteiger partial charge is 0.387 e. The monoisotopic (exact) mass is 375 g/mol. The molecule has 2 rings (SSSR count). The molecule has 0 saturated carbocycles. The van der Waals surface area contributed by atoms with E-state index < -0.39 is 22.5 Å². The summed E-state index contributed by atoms with van der Waals surface area (Å²) in [6, 6.07) is 6.92. The lowest BCUT2D eigenvalue weighted by Crippen LogP contribution is -2.35. The molecule has 0 fully saturated rings. The zero-order valence-electron chi connectivity index (χ0n) is 12.8. The van der Waals surface area contributed by atoms with E-state index in [9.17, 15) is 22.0 Å². The molecule has 0 radical (unpaired) electrons.